The van der Waals surface area contributed by atoms with Gasteiger partial charge in [0.15, 0.2) is 0 Å². The molecule has 0 atom stereocenters. The second-order valence-corrected chi connectivity index (χ2v) is 4.92. The van der Waals surface area contributed by atoms with Gasteiger partial charge in [-0.25, -0.2) is 5.43 Å². The van der Waals surface area contributed by atoms with Crippen molar-refractivity contribution >= 4 is 22.4 Å². The highest BCUT2D eigenvalue weighted by molar-refractivity contribution is 6.07. The number of carbonyl (C=O) groups excluding carboxylic acids is 1. The number of hydrazone groups is 1. The molecule has 1 amide bonds. The second-order valence-electron chi connectivity index (χ2n) is 4.92. The van der Waals surface area contributed by atoms with Crippen LogP contribution in [0.4, 0.5) is 0 Å². The summed E-state index contributed by atoms with van der Waals surface area (Å²) in [6.07, 6.45) is 3.15. The van der Waals surface area contributed by atoms with Crippen molar-refractivity contribution in [2.45, 2.75) is 33.1 Å². The third-order valence-corrected chi connectivity index (χ3v) is 3.27. The fourth-order valence-electron chi connectivity index (χ4n) is 2.12. The van der Waals surface area contributed by atoms with Gasteiger partial charge < -0.3 is 0 Å². The molecule has 1 N–H and O–H groups in total. The zero-order chi connectivity index (χ0) is 14.4. The second kappa shape index (κ2) is 6.85. The Kier molecular flexibility index (Phi) is 4.88. The summed E-state index contributed by atoms with van der Waals surface area (Å²) in [6, 6.07) is 13.6. The Balaban J connectivity index is 2.16. The number of benzene rings is 2. The minimum atomic E-state index is -0.155. The van der Waals surface area contributed by atoms with Crippen LogP contribution < -0.4 is 5.43 Å². The Morgan fingerprint density at radius 3 is 2.70 bits per heavy atom. The van der Waals surface area contributed by atoms with Gasteiger partial charge in [-0.3, -0.25) is 4.79 Å². The number of carbonyl (C=O) groups is 1. The first-order valence-corrected chi connectivity index (χ1v) is 7.03. The van der Waals surface area contributed by atoms with E-state index in [2.05, 4.69) is 17.5 Å². The van der Waals surface area contributed by atoms with Crippen LogP contribution in [0.3, 0.4) is 0 Å². The molecule has 0 heterocycles. The van der Waals surface area contributed by atoms with E-state index in [1.54, 1.807) is 0 Å². The van der Waals surface area contributed by atoms with Crippen LogP contribution in [0.2, 0.25) is 0 Å². The van der Waals surface area contributed by atoms with Crippen LogP contribution in [-0.2, 0) is 0 Å². The lowest BCUT2D eigenvalue weighted by atomic mass is 10.0. The molecule has 0 radical (unpaired) electrons. The summed E-state index contributed by atoms with van der Waals surface area (Å²) < 4.78 is 0. The van der Waals surface area contributed by atoms with E-state index >= 15 is 0 Å². The van der Waals surface area contributed by atoms with Gasteiger partial charge in [-0.15, -0.1) is 0 Å². The number of hydrogen-bond acceptors (Lipinski definition) is 2. The monoisotopic (exact) mass is 268 g/mol. The fourth-order valence-corrected chi connectivity index (χ4v) is 2.12. The summed E-state index contributed by atoms with van der Waals surface area (Å²) in [5.41, 5.74) is 4.27. The van der Waals surface area contributed by atoms with Gasteiger partial charge >= 0.3 is 0 Å². The van der Waals surface area contributed by atoms with Crippen LogP contribution in [0.15, 0.2) is 47.6 Å². The van der Waals surface area contributed by atoms with Crippen molar-refractivity contribution in [3.8, 4) is 0 Å². The summed E-state index contributed by atoms with van der Waals surface area (Å²) in [6.45, 7) is 4.08. The standard InChI is InChI=1S/C17H20N2O/c1-3-4-8-13(2)18-19-17(20)16-12-7-10-14-9-5-6-11-15(14)16/h5-7,9-12H,3-4,8H2,1-2H3,(H,19,20). The lowest BCUT2D eigenvalue weighted by Crippen LogP contribution is -2.19. The summed E-state index contributed by atoms with van der Waals surface area (Å²) in [7, 11) is 0. The molecule has 3 heteroatoms. The molecule has 0 spiro atoms. The first kappa shape index (κ1) is 14.3. The summed E-state index contributed by atoms with van der Waals surface area (Å²) in [4.78, 5) is 12.2. The van der Waals surface area contributed by atoms with Gasteiger partial charge in [0.05, 0.1) is 0 Å². The predicted molar refractivity (Wildman–Crippen MR) is 84.0 cm³/mol. The molecular weight excluding hydrogens is 248 g/mol. The van der Waals surface area contributed by atoms with Crippen LogP contribution in [0, 0.1) is 0 Å². The predicted octanol–water partition coefficient (Wildman–Crippen LogP) is 4.14. The molecule has 2 aromatic rings. The number of nitrogens with zero attached hydrogens (tertiary/aromatic N) is 1. The van der Waals surface area contributed by atoms with E-state index in [1.807, 2.05) is 49.4 Å². The number of rotatable bonds is 5. The van der Waals surface area contributed by atoms with Crippen molar-refractivity contribution in [2.24, 2.45) is 5.10 Å². The quantitative estimate of drug-likeness (QED) is 0.642. The number of nitrogens with one attached hydrogen (secondary N) is 1. The number of fused-ring (bicyclic) bond motifs is 1. The van der Waals surface area contributed by atoms with E-state index in [0.717, 1.165) is 35.7 Å². The maximum atomic E-state index is 12.2. The van der Waals surface area contributed by atoms with Gasteiger partial charge in [-0.05, 0) is 36.6 Å². The lowest BCUT2D eigenvalue weighted by Gasteiger charge is -2.06. The van der Waals surface area contributed by atoms with E-state index < -0.39 is 0 Å². The molecule has 20 heavy (non-hydrogen) atoms. The van der Waals surface area contributed by atoms with Crippen LogP contribution in [0.1, 0.15) is 43.5 Å². The van der Waals surface area contributed by atoms with Crippen molar-refractivity contribution in [2.75, 3.05) is 0 Å². The average molecular weight is 268 g/mol. The van der Waals surface area contributed by atoms with E-state index in [4.69, 9.17) is 0 Å². The Morgan fingerprint density at radius 2 is 1.90 bits per heavy atom. The van der Waals surface area contributed by atoms with Crippen LogP contribution >= 0.6 is 0 Å². The van der Waals surface area contributed by atoms with Crippen LogP contribution in [-0.4, -0.2) is 11.6 Å². The number of hydrogen-bond donors (Lipinski definition) is 1. The summed E-state index contributed by atoms with van der Waals surface area (Å²) in [5.74, 6) is -0.155. The largest absolute Gasteiger partial charge is 0.271 e. The van der Waals surface area contributed by atoms with E-state index in [9.17, 15) is 4.79 Å². The zero-order valence-electron chi connectivity index (χ0n) is 12.0. The van der Waals surface area contributed by atoms with Crippen molar-refractivity contribution in [1.82, 2.24) is 5.43 Å². The zero-order valence-corrected chi connectivity index (χ0v) is 12.0. The molecule has 0 saturated heterocycles. The highest BCUT2D eigenvalue weighted by Crippen LogP contribution is 2.18. The molecule has 0 unspecified atom stereocenters. The topological polar surface area (TPSA) is 41.5 Å². The fraction of sp³-hybridized carbons (Fsp3) is 0.294. The molecule has 3 nitrogen and oxygen atoms in total. The molecule has 0 aliphatic heterocycles. The molecule has 2 rings (SSSR count). The first-order chi connectivity index (χ1) is 9.72. The molecule has 0 aliphatic rings. The molecule has 0 aliphatic carbocycles. The van der Waals surface area contributed by atoms with Crippen molar-refractivity contribution in [3.63, 3.8) is 0 Å². The van der Waals surface area contributed by atoms with E-state index in [-0.39, 0.29) is 5.91 Å². The van der Waals surface area contributed by atoms with Crippen molar-refractivity contribution in [3.05, 3.63) is 48.0 Å². The Morgan fingerprint density at radius 1 is 1.15 bits per heavy atom. The third kappa shape index (κ3) is 3.44. The van der Waals surface area contributed by atoms with Gasteiger partial charge in [0.1, 0.15) is 0 Å². The minimum absolute atomic E-state index is 0.155. The van der Waals surface area contributed by atoms with E-state index in [0.29, 0.717) is 5.56 Å². The number of amides is 1. The molecule has 0 saturated carbocycles. The SMILES string of the molecule is CCCCC(C)=NNC(=O)c1cccc2ccccc12. The average Bonchev–Trinajstić information content (AvgIpc) is 2.50. The summed E-state index contributed by atoms with van der Waals surface area (Å²) >= 11 is 0. The number of unbranched alkanes of at least 4 members (excludes halogenated alkanes) is 1. The molecule has 0 bridgehead atoms. The van der Waals surface area contributed by atoms with Gasteiger partial charge in [0, 0.05) is 11.3 Å². The van der Waals surface area contributed by atoms with Gasteiger partial charge in [0.2, 0.25) is 0 Å². The Hall–Kier alpha value is -2.16. The molecular formula is C17H20N2O. The summed E-state index contributed by atoms with van der Waals surface area (Å²) in [5, 5.41) is 6.18. The van der Waals surface area contributed by atoms with Crippen LogP contribution in [0.25, 0.3) is 10.8 Å². The van der Waals surface area contributed by atoms with Crippen molar-refractivity contribution in [1.29, 1.82) is 0 Å². The minimum Gasteiger partial charge on any atom is -0.267 e. The molecule has 2 aromatic carbocycles. The molecule has 0 fully saturated rings. The highest BCUT2D eigenvalue weighted by Gasteiger charge is 2.08. The Labute approximate surface area is 119 Å². The smallest absolute Gasteiger partial charge is 0.267 e. The normalized spacial score (nSPS) is 11.6. The van der Waals surface area contributed by atoms with Gasteiger partial charge in [-0.1, -0.05) is 49.7 Å². The first-order valence-electron chi connectivity index (χ1n) is 7.03. The third-order valence-electron chi connectivity index (χ3n) is 3.27. The molecule has 0 aromatic heterocycles. The maximum absolute atomic E-state index is 12.2. The Bertz CT molecular complexity index is 626. The van der Waals surface area contributed by atoms with Gasteiger partial charge in [0.25, 0.3) is 5.91 Å². The molecule has 104 valence electrons. The van der Waals surface area contributed by atoms with Crippen molar-refractivity contribution < 1.29 is 4.79 Å². The van der Waals surface area contributed by atoms with Gasteiger partial charge in [-0.2, -0.15) is 5.10 Å². The maximum Gasteiger partial charge on any atom is 0.271 e. The van der Waals surface area contributed by atoms with Crippen LogP contribution in [0.5, 0.6) is 0 Å². The van der Waals surface area contributed by atoms with E-state index in [1.165, 1.54) is 0 Å². The lowest BCUT2D eigenvalue weighted by molar-refractivity contribution is 0.0956. The highest BCUT2D eigenvalue weighted by atomic mass is 16.2.